The molecule has 0 saturated heterocycles. The molecular formula is C24H25NO5S. The van der Waals surface area contributed by atoms with Crippen LogP contribution < -0.4 is 4.74 Å². The minimum Gasteiger partial charge on any atom is -0.497 e. The van der Waals surface area contributed by atoms with Crippen molar-refractivity contribution in [2.45, 2.75) is 12.3 Å². The SMILES string of the molecule is COc1ccc2cc(CN(C)C(=O)COC(=O)c3cccc(CS(C)=O)c3)ccc2c1. The molecule has 0 aliphatic rings. The number of carbonyl (C=O) groups is 2. The summed E-state index contributed by atoms with van der Waals surface area (Å²) >= 11 is 0. The van der Waals surface area contributed by atoms with Gasteiger partial charge in [-0.25, -0.2) is 4.79 Å². The summed E-state index contributed by atoms with van der Waals surface area (Å²) in [5.41, 5.74) is 2.09. The van der Waals surface area contributed by atoms with Crippen LogP contribution >= 0.6 is 0 Å². The van der Waals surface area contributed by atoms with Gasteiger partial charge in [-0.05, 0) is 52.2 Å². The Balaban J connectivity index is 1.57. The van der Waals surface area contributed by atoms with Crippen LogP contribution in [-0.2, 0) is 32.6 Å². The van der Waals surface area contributed by atoms with Crippen LogP contribution in [0.5, 0.6) is 5.75 Å². The van der Waals surface area contributed by atoms with E-state index in [9.17, 15) is 13.8 Å². The van der Waals surface area contributed by atoms with Crippen LogP contribution in [0.1, 0.15) is 21.5 Å². The van der Waals surface area contributed by atoms with Gasteiger partial charge < -0.3 is 14.4 Å². The van der Waals surface area contributed by atoms with E-state index >= 15 is 0 Å². The quantitative estimate of drug-likeness (QED) is 0.502. The Morgan fingerprint density at radius 1 is 0.968 bits per heavy atom. The third-order valence-corrected chi connectivity index (χ3v) is 5.56. The maximum atomic E-state index is 12.4. The summed E-state index contributed by atoms with van der Waals surface area (Å²) in [4.78, 5) is 26.2. The fraction of sp³-hybridized carbons (Fsp3) is 0.250. The lowest BCUT2D eigenvalue weighted by atomic mass is 10.1. The van der Waals surface area contributed by atoms with Crippen molar-refractivity contribution in [1.29, 1.82) is 0 Å². The second kappa shape index (κ2) is 10.2. The topological polar surface area (TPSA) is 72.9 Å². The average molecular weight is 440 g/mol. The van der Waals surface area contributed by atoms with Crippen LogP contribution in [0.3, 0.4) is 0 Å². The number of nitrogens with zero attached hydrogens (tertiary/aromatic N) is 1. The minimum atomic E-state index is -1.00. The Labute approximate surface area is 184 Å². The van der Waals surface area contributed by atoms with Crippen LogP contribution in [0.15, 0.2) is 60.7 Å². The molecule has 0 heterocycles. The van der Waals surface area contributed by atoms with Gasteiger partial charge in [-0.1, -0.05) is 30.3 Å². The highest BCUT2D eigenvalue weighted by molar-refractivity contribution is 7.83. The zero-order valence-corrected chi connectivity index (χ0v) is 18.6. The molecule has 1 amide bonds. The molecule has 1 unspecified atom stereocenters. The molecule has 0 N–H and O–H groups in total. The molecule has 0 spiro atoms. The van der Waals surface area contributed by atoms with Gasteiger partial charge in [0.15, 0.2) is 6.61 Å². The number of esters is 1. The number of carbonyl (C=O) groups excluding carboxylic acids is 2. The number of hydrogen-bond donors (Lipinski definition) is 0. The van der Waals surface area contributed by atoms with Crippen LogP contribution in [0.4, 0.5) is 0 Å². The van der Waals surface area contributed by atoms with E-state index in [1.807, 2.05) is 36.4 Å². The predicted molar refractivity (Wildman–Crippen MR) is 121 cm³/mol. The Morgan fingerprint density at radius 3 is 2.45 bits per heavy atom. The zero-order chi connectivity index (χ0) is 22.4. The summed E-state index contributed by atoms with van der Waals surface area (Å²) in [7, 11) is 2.30. The van der Waals surface area contributed by atoms with Gasteiger partial charge in [0.1, 0.15) is 5.75 Å². The lowest BCUT2D eigenvalue weighted by Crippen LogP contribution is -2.30. The molecular weight excluding hydrogens is 414 g/mol. The molecule has 0 fully saturated rings. The van der Waals surface area contributed by atoms with Crippen molar-refractivity contribution in [3.8, 4) is 5.75 Å². The van der Waals surface area contributed by atoms with Crippen molar-refractivity contribution in [2.24, 2.45) is 0 Å². The van der Waals surface area contributed by atoms with E-state index in [2.05, 4.69) is 0 Å². The van der Waals surface area contributed by atoms with Gasteiger partial charge in [0.25, 0.3) is 5.91 Å². The lowest BCUT2D eigenvalue weighted by Gasteiger charge is -2.17. The summed E-state index contributed by atoms with van der Waals surface area (Å²) in [6, 6.07) is 18.6. The molecule has 3 rings (SSSR count). The van der Waals surface area contributed by atoms with E-state index in [0.717, 1.165) is 27.6 Å². The summed E-state index contributed by atoms with van der Waals surface area (Å²) in [5.74, 6) is 0.281. The van der Waals surface area contributed by atoms with E-state index in [1.165, 1.54) is 4.90 Å². The Morgan fingerprint density at radius 2 is 1.71 bits per heavy atom. The number of fused-ring (bicyclic) bond motifs is 1. The second-order valence-corrected chi connectivity index (χ2v) is 8.73. The molecule has 7 heteroatoms. The molecule has 31 heavy (non-hydrogen) atoms. The highest BCUT2D eigenvalue weighted by Crippen LogP contribution is 2.22. The van der Waals surface area contributed by atoms with Gasteiger partial charge in [-0.15, -0.1) is 0 Å². The monoisotopic (exact) mass is 439 g/mol. The first kappa shape index (κ1) is 22.5. The molecule has 6 nitrogen and oxygen atoms in total. The normalized spacial score (nSPS) is 11.7. The molecule has 0 radical (unpaired) electrons. The predicted octanol–water partition coefficient (Wildman–Crippen LogP) is 3.54. The van der Waals surface area contributed by atoms with Crippen molar-refractivity contribution in [3.05, 3.63) is 77.4 Å². The number of amides is 1. The fourth-order valence-electron chi connectivity index (χ4n) is 3.20. The fourth-order valence-corrected chi connectivity index (χ4v) is 3.85. The van der Waals surface area contributed by atoms with Crippen molar-refractivity contribution in [2.75, 3.05) is 27.0 Å². The number of rotatable bonds is 8. The summed E-state index contributed by atoms with van der Waals surface area (Å²) < 4.78 is 21.8. The van der Waals surface area contributed by atoms with Gasteiger partial charge in [0.2, 0.25) is 0 Å². The summed E-state index contributed by atoms with van der Waals surface area (Å²) in [6.45, 7) is 0.0558. The van der Waals surface area contributed by atoms with Crippen LogP contribution in [-0.4, -0.2) is 48.0 Å². The molecule has 0 aliphatic carbocycles. The van der Waals surface area contributed by atoms with Crippen LogP contribution in [0, 0.1) is 0 Å². The number of hydrogen-bond acceptors (Lipinski definition) is 5. The first-order valence-electron chi connectivity index (χ1n) is 9.72. The van der Waals surface area contributed by atoms with E-state index in [-0.39, 0.29) is 12.5 Å². The number of benzene rings is 3. The number of likely N-dealkylation sites (N-methyl/N-ethyl adjacent to an activating group) is 1. The van der Waals surface area contributed by atoms with E-state index in [1.54, 1.807) is 44.7 Å². The largest absolute Gasteiger partial charge is 0.497 e. The zero-order valence-electron chi connectivity index (χ0n) is 17.8. The Hall–Kier alpha value is -3.19. The van der Waals surface area contributed by atoms with Gasteiger partial charge in [0, 0.05) is 36.4 Å². The third-order valence-electron chi connectivity index (χ3n) is 4.82. The van der Waals surface area contributed by atoms with Gasteiger partial charge in [0.05, 0.1) is 12.7 Å². The molecule has 3 aromatic carbocycles. The minimum absolute atomic E-state index is 0.297. The van der Waals surface area contributed by atoms with Gasteiger partial charge >= 0.3 is 5.97 Å². The maximum absolute atomic E-state index is 12.4. The van der Waals surface area contributed by atoms with Crippen molar-refractivity contribution < 1.29 is 23.3 Å². The van der Waals surface area contributed by atoms with E-state index in [0.29, 0.717) is 17.9 Å². The molecule has 0 saturated carbocycles. The molecule has 1 atom stereocenters. The van der Waals surface area contributed by atoms with E-state index < -0.39 is 16.8 Å². The molecule has 162 valence electrons. The summed E-state index contributed by atoms with van der Waals surface area (Å²) in [5, 5.41) is 2.11. The third kappa shape index (κ3) is 6.15. The second-order valence-electron chi connectivity index (χ2n) is 7.29. The van der Waals surface area contributed by atoms with Crippen LogP contribution in [0.2, 0.25) is 0 Å². The highest BCUT2D eigenvalue weighted by atomic mass is 32.2. The van der Waals surface area contributed by atoms with Crippen molar-refractivity contribution in [1.82, 2.24) is 4.90 Å². The van der Waals surface area contributed by atoms with Crippen molar-refractivity contribution in [3.63, 3.8) is 0 Å². The summed E-state index contributed by atoms with van der Waals surface area (Å²) in [6.07, 6.45) is 1.60. The first-order chi connectivity index (χ1) is 14.9. The van der Waals surface area contributed by atoms with E-state index in [4.69, 9.17) is 9.47 Å². The molecule has 3 aromatic rings. The number of methoxy groups -OCH3 is 1. The Bertz CT molecular complexity index is 1130. The lowest BCUT2D eigenvalue weighted by molar-refractivity contribution is -0.133. The van der Waals surface area contributed by atoms with Crippen LogP contribution in [0.25, 0.3) is 10.8 Å². The molecule has 0 bridgehead atoms. The number of ether oxygens (including phenoxy) is 2. The molecule has 0 aliphatic heterocycles. The average Bonchev–Trinajstić information content (AvgIpc) is 2.76. The maximum Gasteiger partial charge on any atom is 0.338 e. The molecule has 0 aromatic heterocycles. The Kier molecular flexibility index (Phi) is 7.41. The standard InChI is InChI=1S/C24H25NO5S/c1-25(14-17-7-8-20-13-22(29-2)10-9-19(20)11-17)23(26)15-30-24(27)21-6-4-5-18(12-21)16-31(3)28/h4-13H,14-16H2,1-3H3. The highest BCUT2D eigenvalue weighted by Gasteiger charge is 2.15. The van der Waals surface area contributed by atoms with Gasteiger partial charge in [-0.3, -0.25) is 9.00 Å². The van der Waals surface area contributed by atoms with Gasteiger partial charge in [-0.2, -0.15) is 0 Å². The van der Waals surface area contributed by atoms with Crippen molar-refractivity contribution >= 4 is 33.4 Å². The smallest absolute Gasteiger partial charge is 0.338 e. The first-order valence-corrected chi connectivity index (χ1v) is 11.4.